The molecule has 0 aliphatic rings. The van der Waals surface area contributed by atoms with Crippen molar-refractivity contribution in [2.24, 2.45) is 0 Å². The molecule has 0 saturated carbocycles. The molecule has 6 heteroatoms. The average Bonchev–Trinajstić information content (AvgIpc) is 2.92. The number of hydrogen-bond acceptors (Lipinski definition) is 3. The Morgan fingerprint density at radius 2 is 2.14 bits per heavy atom. The SMILES string of the molecule is CCNC(C)(C)C(=O)Nc1cccc(Cl)c1-n1cccn1. The predicted molar refractivity (Wildman–Crippen MR) is 85.0 cm³/mol. The minimum atomic E-state index is -0.668. The van der Waals surface area contributed by atoms with E-state index in [0.29, 0.717) is 22.9 Å². The van der Waals surface area contributed by atoms with Gasteiger partial charge in [-0.1, -0.05) is 24.6 Å². The Morgan fingerprint density at radius 3 is 2.76 bits per heavy atom. The highest BCUT2D eigenvalue weighted by atomic mass is 35.5. The van der Waals surface area contributed by atoms with Crippen molar-refractivity contribution in [2.45, 2.75) is 26.3 Å². The normalized spacial score (nSPS) is 11.4. The van der Waals surface area contributed by atoms with E-state index in [2.05, 4.69) is 15.7 Å². The highest BCUT2D eigenvalue weighted by molar-refractivity contribution is 6.33. The molecule has 2 aromatic rings. The van der Waals surface area contributed by atoms with E-state index >= 15 is 0 Å². The third-order valence-corrected chi connectivity index (χ3v) is 3.46. The third-order valence-electron chi connectivity index (χ3n) is 3.15. The van der Waals surface area contributed by atoms with Crippen LogP contribution in [0.3, 0.4) is 0 Å². The van der Waals surface area contributed by atoms with Gasteiger partial charge in [-0.3, -0.25) is 4.79 Å². The number of rotatable bonds is 5. The van der Waals surface area contributed by atoms with Crippen molar-refractivity contribution in [3.05, 3.63) is 41.7 Å². The second-order valence-electron chi connectivity index (χ2n) is 5.20. The maximum atomic E-state index is 12.4. The zero-order valence-electron chi connectivity index (χ0n) is 12.4. The summed E-state index contributed by atoms with van der Waals surface area (Å²) in [6, 6.07) is 7.18. The lowest BCUT2D eigenvalue weighted by atomic mass is 10.0. The van der Waals surface area contributed by atoms with Gasteiger partial charge in [-0.15, -0.1) is 0 Å². The molecule has 0 radical (unpaired) electrons. The first-order valence-corrected chi connectivity index (χ1v) is 7.18. The highest BCUT2D eigenvalue weighted by Crippen LogP contribution is 2.28. The smallest absolute Gasteiger partial charge is 0.244 e. The van der Waals surface area contributed by atoms with Gasteiger partial charge in [0.25, 0.3) is 0 Å². The molecule has 0 aliphatic heterocycles. The third kappa shape index (κ3) is 3.43. The number of nitrogens with zero attached hydrogens (tertiary/aromatic N) is 2. The lowest BCUT2D eigenvalue weighted by Gasteiger charge is -2.25. The summed E-state index contributed by atoms with van der Waals surface area (Å²) < 4.78 is 1.64. The molecule has 0 bridgehead atoms. The Kier molecular flexibility index (Phi) is 4.65. The number of anilines is 1. The summed E-state index contributed by atoms with van der Waals surface area (Å²) >= 11 is 6.25. The van der Waals surface area contributed by atoms with Crippen molar-refractivity contribution in [3.63, 3.8) is 0 Å². The summed E-state index contributed by atoms with van der Waals surface area (Å²) in [6.45, 7) is 6.35. The van der Waals surface area contributed by atoms with E-state index in [0.717, 1.165) is 0 Å². The van der Waals surface area contributed by atoms with Crippen LogP contribution in [0.25, 0.3) is 5.69 Å². The molecule has 0 saturated heterocycles. The van der Waals surface area contributed by atoms with Crippen molar-refractivity contribution >= 4 is 23.2 Å². The van der Waals surface area contributed by atoms with Crippen LogP contribution in [0.4, 0.5) is 5.69 Å². The second-order valence-corrected chi connectivity index (χ2v) is 5.60. The molecule has 1 heterocycles. The molecule has 0 spiro atoms. The summed E-state index contributed by atoms with van der Waals surface area (Å²) in [4.78, 5) is 12.4. The van der Waals surface area contributed by atoms with Crippen LogP contribution >= 0.6 is 11.6 Å². The Hall–Kier alpha value is -1.85. The molecule has 0 aliphatic carbocycles. The molecule has 5 nitrogen and oxygen atoms in total. The van der Waals surface area contributed by atoms with Gasteiger partial charge >= 0.3 is 0 Å². The van der Waals surface area contributed by atoms with Gasteiger partial charge in [-0.25, -0.2) is 4.68 Å². The summed E-state index contributed by atoms with van der Waals surface area (Å²) in [6.07, 6.45) is 3.45. The number of para-hydroxylation sites is 1. The van der Waals surface area contributed by atoms with Gasteiger partial charge in [0.2, 0.25) is 5.91 Å². The van der Waals surface area contributed by atoms with Crippen molar-refractivity contribution in [1.82, 2.24) is 15.1 Å². The van der Waals surface area contributed by atoms with Crippen LogP contribution in [-0.4, -0.2) is 27.8 Å². The predicted octanol–water partition coefficient (Wildman–Crippen LogP) is 2.85. The van der Waals surface area contributed by atoms with Crippen LogP contribution in [0, 0.1) is 0 Å². The molecule has 0 atom stereocenters. The van der Waals surface area contributed by atoms with Gasteiger partial charge in [0.1, 0.15) is 5.69 Å². The molecular weight excluding hydrogens is 288 g/mol. The van der Waals surface area contributed by atoms with Gasteiger partial charge in [0.05, 0.1) is 16.2 Å². The topological polar surface area (TPSA) is 59.0 Å². The molecule has 1 aromatic carbocycles. The Morgan fingerprint density at radius 1 is 1.38 bits per heavy atom. The molecule has 2 N–H and O–H groups in total. The van der Waals surface area contributed by atoms with Crippen LogP contribution in [-0.2, 0) is 4.79 Å². The Bertz CT molecular complexity index is 623. The zero-order chi connectivity index (χ0) is 15.5. The fourth-order valence-electron chi connectivity index (χ4n) is 2.05. The maximum absolute atomic E-state index is 12.4. The molecule has 21 heavy (non-hydrogen) atoms. The van der Waals surface area contributed by atoms with E-state index in [1.807, 2.05) is 26.8 Å². The van der Waals surface area contributed by atoms with E-state index < -0.39 is 5.54 Å². The first kappa shape index (κ1) is 15.5. The second kappa shape index (κ2) is 6.28. The molecule has 1 amide bonds. The van der Waals surface area contributed by atoms with E-state index in [-0.39, 0.29) is 5.91 Å². The summed E-state index contributed by atoms with van der Waals surface area (Å²) in [5.74, 6) is -0.125. The number of hydrogen-bond donors (Lipinski definition) is 2. The number of carbonyl (C=O) groups is 1. The van der Waals surface area contributed by atoms with Crippen LogP contribution in [0.15, 0.2) is 36.7 Å². The Balaban J connectivity index is 2.33. The van der Waals surface area contributed by atoms with Crippen LogP contribution < -0.4 is 10.6 Å². The number of nitrogens with one attached hydrogen (secondary N) is 2. The molecular formula is C15H19ClN4O. The molecule has 2 rings (SSSR count). The number of amides is 1. The fourth-order valence-corrected chi connectivity index (χ4v) is 2.31. The van der Waals surface area contributed by atoms with Crippen LogP contribution in [0.1, 0.15) is 20.8 Å². The van der Waals surface area contributed by atoms with Gasteiger partial charge in [-0.2, -0.15) is 5.10 Å². The number of benzene rings is 1. The van der Waals surface area contributed by atoms with E-state index in [4.69, 9.17) is 11.6 Å². The monoisotopic (exact) mass is 306 g/mol. The van der Waals surface area contributed by atoms with Crippen molar-refractivity contribution in [1.29, 1.82) is 0 Å². The van der Waals surface area contributed by atoms with Crippen molar-refractivity contribution in [2.75, 3.05) is 11.9 Å². The van der Waals surface area contributed by atoms with Gasteiger partial charge in [0, 0.05) is 12.4 Å². The van der Waals surface area contributed by atoms with Crippen molar-refractivity contribution < 1.29 is 4.79 Å². The minimum absolute atomic E-state index is 0.125. The lowest BCUT2D eigenvalue weighted by Crippen LogP contribution is -2.49. The number of aromatic nitrogens is 2. The number of halogens is 1. The highest BCUT2D eigenvalue weighted by Gasteiger charge is 2.27. The standard InChI is InChI=1S/C15H19ClN4O/c1-4-17-15(2,3)14(21)19-12-8-5-7-11(16)13(12)20-10-6-9-18-20/h5-10,17H,4H2,1-3H3,(H,19,21). The van der Waals surface area contributed by atoms with Crippen LogP contribution in [0.5, 0.6) is 0 Å². The lowest BCUT2D eigenvalue weighted by molar-refractivity contribution is -0.121. The average molecular weight is 307 g/mol. The number of likely N-dealkylation sites (N-methyl/N-ethyl adjacent to an activating group) is 1. The van der Waals surface area contributed by atoms with Gasteiger partial charge in [0.15, 0.2) is 0 Å². The summed E-state index contributed by atoms with van der Waals surface area (Å²) in [5, 5.41) is 10.8. The molecule has 0 fully saturated rings. The first-order valence-electron chi connectivity index (χ1n) is 6.80. The first-order chi connectivity index (χ1) is 9.95. The molecule has 112 valence electrons. The van der Waals surface area contributed by atoms with Gasteiger partial charge in [-0.05, 0) is 38.6 Å². The van der Waals surface area contributed by atoms with E-state index in [9.17, 15) is 4.79 Å². The zero-order valence-corrected chi connectivity index (χ0v) is 13.1. The van der Waals surface area contributed by atoms with E-state index in [1.165, 1.54) is 0 Å². The molecule has 1 aromatic heterocycles. The summed E-state index contributed by atoms with van der Waals surface area (Å²) in [5.41, 5.74) is 0.616. The molecule has 0 unspecified atom stereocenters. The van der Waals surface area contributed by atoms with Crippen LogP contribution in [0.2, 0.25) is 5.02 Å². The van der Waals surface area contributed by atoms with Gasteiger partial charge < -0.3 is 10.6 Å². The fraction of sp³-hybridized carbons (Fsp3) is 0.333. The minimum Gasteiger partial charge on any atom is -0.323 e. The number of carbonyl (C=O) groups excluding carboxylic acids is 1. The van der Waals surface area contributed by atoms with Crippen molar-refractivity contribution in [3.8, 4) is 5.69 Å². The quantitative estimate of drug-likeness (QED) is 0.893. The largest absolute Gasteiger partial charge is 0.323 e. The Labute approximate surface area is 129 Å². The maximum Gasteiger partial charge on any atom is 0.244 e. The van der Waals surface area contributed by atoms with E-state index in [1.54, 1.807) is 35.3 Å². The summed E-state index contributed by atoms with van der Waals surface area (Å²) in [7, 11) is 0.